The molecule has 0 saturated carbocycles. The Bertz CT molecular complexity index is 1140. The highest BCUT2D eigenvalue weighted by atomic mass is 15.0. The molecule has 0 aliphatic heterocycles. The van der Waals surface area contributed by atoms with E-state index >= 15 is 0 Å². The van der Waals surface area contributed by atoms with Crippen molar-refractivity contribution in [2.24, 2.45) is 0 Å². The number of hydrogen-bond acceptors (Lipinski definition) is 3. The lowest BCUT2D eigenvalue weighted by atomic mass is 10.0. The van der Waals surface area contributed by atoms with Gasteiger partial charge in [0, 0.05) is 18.0 Å². The maximum Gasteiger partial charge on any atom is 0.137 e. The highest BCUT2D eigenvalue weighted by molar-refractivity contribution is 5.70. The molecule has 4 rings (SSSR count). The summed E-state index contributed by atoms with van der Waals surface area (Å²) < 4.78 is 1.86. The molecule has 0 atom stereocenters. The van der Waals surface area contributed by atoms with Crippen molar-refractivity contribution in [3.05, 3.63) is 84.2 Å². The molecule has 0 aliphatic carbocycles. The van der Waals surface area contributed by atoms with Crippen LogP contribution in [0.3, 0.4) is 0 Å². The molecule has 0 bridgehead atoms. The summed E-state index contributed by atoms with van der Waals surface area (Å²) in [6.45, 7) is 0. The van der Waals surface area contributed by atoms with Crippen molar-refractivity contribution in [2.45, 2.75) is 0 Å². The van der Waals surface area contributed by atoms with Crippen molar-refractivity contribution < 1.29 is 0 Å². The van der Waals surface area contributed by atoms with Crippen molar-refractivity contribution in [3.8, 4) is 34.5 Å². The van der Waals surface area contributed by atoms with Gasteiger partial charge in [0.15, 0.2) is 0 Å². The Balaban J connectivity index is 1.67. The van der Waals surface area contributed by atoms with Crippen LogP contribution in [0, 0.1) is 22.7 Å². The van der Waals surface area contributed by atoms with E-state index in [4.69, 9.17) is 10.5 Å². The highest BCUT2D eigenvalue weighted by Gasteiger charge is 2.06. The molecule has 2 aromatic carbocycles. The molecule has 116 valence electrons. The summed E-state index contributed by atoms with van der Waals surface area (Å²) in [6.07, 6.45) is 3.70. The van der Waals surface area contributed by atoms with Crippen LogP contribution in [0.1, 0.15) is 11.1 Å². The number of rotatable bonds is 2. The second-order valence-electron chi connectivity index (χ2n) is 5.69. The molecule has 0 unspecified atom stereocenters. The topological polar surface area (TPSA) is 64.9 Å². The largest absolute Gasteiger partial charge is 0.305 e. The van der Waals surface area contributed by atoms with Crippen LogP contribution < -0.4 is 0 Å². The summed E-state index contributed by atoms with van der Waals surface area (Å²) in [4.78, 5) is 4.60. The molecular weight excluding hydrogens is 308 g/mol. The van der Waals surface area contributed by atoms with Crippen LogP contribution in [-0.2, 0) is 0 Å². The molecule has 0 N–H and O–H groups in total. The number of nitrogens with zero attached hydrogens (tertiary/aromatic N) is 4. The number of fused-ring (bicyclic) bond motifs is 1. The molecule has 0 amide bonds. The quantitative estimate of drug-likeness (QED) is 0.549. The predicted molar refractivity (Wildman–Crippen MR) is 95.5 cm³/mol. The van der Waals surface area contributed by atoms with Gasteiger partial charge in [0.05, 0.1) is 22.9 Å². The first-order valence-electron chi connectivity index (χ1n) is 7.77. The second-order valence-corrected chi connectivity index (χ2v) is 5.69. The minimum Gasteiger partial charge on any atom is -0.305 e. The maximum atomic E-state index is 8.99. The van der Waals surface area contributed by atoms with Crippen LogP contribution in [0.5, 0.6) is 0 Å². The summed E-state index contributed by atoms with van der Waals surface area (Å²) in [5, 5.41) is 17.9. The third-order valence-electron chi connectivity index (χ3n) is 4.11. The van der Waals surface area contributed by atoms with Crippen molar-refractivity contribution in [1.82, 2.24) is 9.38 Å². The molecule has 0 aliphatic rings. The zero-order chi connectivity index (χ0) is 17.2. The van der Waals surface area contributed by atoms with Crippen LogP contribution in [-0.4, -0.2) is 9.38 Å². The van der Waals surface area contributed by atoms with Gasteiger partial charge in [-0.1, -0.05) is 36.4 Å². The number of hydrogen-bond donors (Lipinski definition) is 0. The van der Waals surface area contributed by atoms with E-state index in [9.17, 15) is 0 Å². The van der Waals surface area contributed by atoms with Crippen molar-refractivity contribution in [1.29, 1.82) is 10.5 Å². The molecule has 4 heteroatoms. The lowest BCUT2D eigenvalue weighted by Gasteiger charge is -2.03. The van der Waals surface area contributed by atoms with E-state index in [1.807, 2.05) is 65.2 Å². The van der Waals surface area contributed by atoms with E-state index in [0.717, 1.165) is 28.0 Å². The number of aromatic nitrogens is 2. The predicted octanol–water partition coefficient (Wildman–Crippen LogP) is 4.41. The van der Waals surface area contributed by atoms with Gasteiger partial charge in [-0.05, 0) is 35.4 Å². The molecule has 4 aromatic rings. The number of benzene rings is 2. The SMILES string of the molecule is N#Cc1ccc(-c2ccc(-c3cn4cc(C#N)ccc4n3)cc2)cc1. The molecule has 0 radical (unpaired) electrons. The standard InChI is InChI=1S/C21H12N4/c22-11-15-1-4-17(5-2-15)18-6-8-19(9-7-18)20-14-25-13-16(12-23)3-10-21(25)24-20/h1-10,13-14H. The van der Waals surface area contributed by atoms with Gasteiger partial charge in [-0.3, -0.25) is 0 Å². The van der Waals surface area contributed by atoms with Gasteiger partial charge >= 0.3 is 0 Å². The van der Waals surface area contributed by atoms with Crippen LogP contribution >= 0.6 is 0 Å². The van der Waals surface area contributed by atoms with Crippen LogP contribution in [0.25, 0.3) is 28.0 Å². The Labute approximate surface area is 144 Å². The first-order valence-corrected chi connectivity index (χ1v) is 7.77. The summed E-state index contributed by atoms with van der Waals surface area (Å²) in [5.74, 6) is 0. The van der Waals surface area contributed by atoms with Gasteiger partial charge in [-0.2, -0.15) is 10.5 Å². The second kappa shape index (κ2) is 5.96. The smallest absolute Gasteiger partial charge is 0.137 e. The third kappa shape index (κ3) is 2.73. The zero-order valence-electron chi connectivity index (χ0n) is 13.2. The van der Waals surface area contributed by atoms with E-state index < -0.39 is 0 Å². The van der Waals surface area contributed by atoms with Gasteiger partial charge < -0.3 is 4.40 Å². The fourth-order valence-electron chi connectivity index (χ4n) is 2.77. The normalized spacial score (nSPS) is 10.3. The van der Waals surface area contributed by atoms with E-state index in [-0.39, 0.29) is 0 Å². The van der Waals surface area contributed by atoms with Gasteiger partial charge in [0.1, 0.15) is 11.7 Å². The fraction of sp³-hybridized carbons (Fsp3) is 0. The first-order chi connectivity index (χ1) is 12.3. The molecule has 2 heterocycles. The molecule has 4 nitrogen and oxygen atoms in total. The van der Waals surface area contributed by atoms with E-state index in [0.29, 0.717) is 11.1 Å². The lowest BCUT2D eigenvalue weighted by molar-refractivity contribution is 1.17. The van der Waals surface area contributed by atoms with Crippen LogP contribution in [0.15, 0.2) is 73.1 Å². The minimum absolute atomic E-state index is 0.604. The summed E-state index contributed by atoms with van der Waals surface area (Å²) in [6, 6.07) is 23.5. The van der Waals surface area contributed by atoms with Crippen molar-refractivity contribution in [2.75, 3.05) is 0 Å². The Kier molecular flexibility index (Phi) is 3.50. The van der Waals surface area contributed by atoms with Gasteiger partial charge in [0.2, 0.25) is 0 Å². The highest BCUT2D eigenvalue weighted by Crippen LogP contribution is 2.25. The Morgan fingerprint density at radius 1 is 0.640 bits per heavy atom. The first kappa shape index (κ1) is 14.7. The van der Waals surface area contributed by atoms with E-state index in [1.54, 1.807) is 12.3 Å². The third-order valence-corrected chi connectivity index (χ3v) is 4.11. The molecular formula is C21H12N4. The average molecular weight is 320 g/mol. The number of imidazole rings is 1. The Morgan fingerprint density at radius 2 is 1.20 bits per heavy atom. The number of pyridine rings is 1. The monoisotopic (exact) mass is 320 g/mol. The zero-order valence-corrected chi connectivity index (χ0v) is 13.2. The Hall–Kier alpha value is -3.89. The van der Waals surface area contributed by atoms with E-state index in [2.05, 4.69) is 17.1 Å². The molecule has 2 aromatic heterocycles. The molecule has 25 heavy (non-hydrogen) atoms. The van der Waals surface area contributed by atoms with Crippen molar-refractivity contribution in [3.63, 3.8) is 0 Å². The fourth-order valence-corrected chi connectivity index (χ4v) is 2.77. The maximum absolute atomic E-state index is 8.99. The summed E-state index contributed by atoms with van der Waals surface area (Å²) in [7, 11) is 0. The van der Waals surface area contributed by atoms with E-state index in [1.165, 1.54) is 0 Å². The number of nitriles is 2. The lowest BCUT2D eigenvalue weighted by Crippen LogP contribution is -1.83. The molecule has 0 fully saturated rings. The molecule has 0 spiro atoms. The van der Waals surface area contributed by atoms with Crippen LogP contribution in [0.2, 0.25) is 0 Å². The van der Waals surface area contributed by atoms with Crippen molar-refractivity contribution >= 4 is 5.65 Å². The van der Waals surface area contributed by atoms with Gasteiger partial charge in [-0.25, -0.2) is 4.98 Å². The summed E-state index contributed by atoms with van der Waals surface area (Å²) in [5.41, 5.74) is 6.10. The van der Waals surface area contributed by atoms with Crippen LogP contribution in [0.4, 0.5) is 0 Å². The van der Waals surface area contributed by atoms with Gasteiger partial charge in [-0.15, -0.1) is 0 Å². The Morgan fingerprint density at radius 3 is 1.84 bits per heavy atom. The summed E-state index contributed by atoms with van der Waals surface area (Å²) >= 11 is 0. The van der Waals surface area contributed by atoms with Gasteiger partial charge in [0.25, 0.3) is 0 Å². The minimum atomic E-state index is 0.604. The average Bonchev–Trinajstić information content (AvgIpc) is 3.11. The molecule has 0 saturated heterocycles.